The maximum absolute atomic E-state index is 4.30. The lowest BCUT2D eigenvalue weighted by Gasteiger charge is -2.35. The van der Waals surface area contributed by atoms with E-state index in [1.807, 2.05) is 6.20 Å². The summed E-state index contributed by atoms with van der Waals surface area (Å²) < 4.78 is 2.10. The topological polar surface area (TPSA) is 29.9 Å². The van der Waals surface area contributed by atoms with Crippen molar-refractivity contribution in [2.24, 2.45) is 5.41 Å². The molecular formula is C10H17N3. The van der Waals surface area contributed by atoms with E-state index in [-0.39, 0.29) is 5.41 Å². The van der Waals surface area contributed by atoms with Crippen molar-refractivity contribution < 1.29 is 0 Å². The molecule has 0 spiro atoms. The number of rotatable bonds is 0. The Morgan fingerprint density at radius 3 is 3.00 bits per heavy atom. The van der Waals surface area contributed by atoms with Crippen LogP contribution in [0, 0.1) is 5.41 Å². The highest BCUT2D eigenvalue weighted by Crippen LogP contribution is 2.33. The number of aromatic nitrogens is 2. The molecule has 1 aliphatic heterocycles. The smallest absolute Gasteiger partial charge is 0.0559 e. The number of nitrogens with one attached hydrogen (secondary N) is 1. The Labute approximate surface area is 79.1 Å². The second-order valence-electron chi connectivity index (χ2n) is 4.73. The van der Waals surface area contributed by atoms with Crippen molar-refractivity contribution in [2.75, 3.05) is 6.54 Å². The molecule has 0 bridgehead atoms. The van der Waals surface area contributed by atoms with Crippen LogP contribution in [-0.2, 0) is 6.54 Å². The predicted octanol–water partition coefficient (Wildman–Crippen LogP) is 1.57. The SMILES string of the molecule is CC(C)(C)C1NCCn2nccc21. The summed E-state index contributed by atoms with van der Waals surface area (Å²) in [6.07, 6.45) is 1.89. The standard InChI is InChI=1S/C10H17N3/c1-10(2,3)9-8-4-5-12-13(8)7-6-11-9/h4-5,9,11H,6-7H2,1-3H3. The second-order valence-corrected chi connectivity index (χ2v) is 4.73. The van der Waals surface area contributed by atoms with Crippen LogP contribution in [0.3, 0.4) is 0 Å². The molecule has 13 heavy (non-hydrogen) atoms. The Balaban J connectivity index is 2.35. The van der Waals surface area contributed by atoms with Crippen molar-refractivity contribution in [1.82, 2.24) is 15.1 Å². The van der Waals surface area contributed by atoms with Gasteiger partial charge in [0, 0.05) is 12.7 Å². The van der Waals surface area contributed by atoms with Crippen LogP contribution < -0.4 is 5.32 Å². The van der Waals surface area contributed by atoms with E-state index in [1.165, 1.54) is 5.69 Å². The average molecular weight is 179 g/mol. The number of hydrogen-bond donors (Lipinski definition) is 1. The first kappa shape index (κ1) is 8.75. The number of nitrogens with zero attached hydrogens (tertiary/aromatic N) is 2. The van der Waals surface area contributed by atoms with Gasteiger partial charge in [0.05, 0.1) is 18.3 Å². The Kier molecular flexibility index (Phi) is 1.91. The maximum atomic E-state index is 4.30. The fourth-order valence-electron chi connectivity index (χ4n) is 1.94. The van der Waals surface area contributed by atoms with Gasteiger partial charge in [0.1, 0.15) is 0 Å². The summed E-state index contributed by atoms with van der Waals surface area (Å²) in [5.74, 6) is 0. The van der Waals surface area contributed by atoms with Crippen LogP contribution in [0.5, 0.6) is 0 Å². The van der Waals surface area contributed by atoms with E-state index in [9.17, 15) is 0 Å². The molecule has 1 atom stereocenters. The molecule has 2 heterocycles. The summed E-state index contributed by atoms with van der Waals surface area (Å²) in [5, 5.41) is 7.84. The molecule has 0 amide bonds. The van der Waals surface area contributed by atoms with E-state index < -0.39 is 0 Å². The van der Waals surface area contributed by atoms with Crippen LogP contribution in [0.4, 0.5) is 0 Å². The van der Waals surface area contributed by atoms with Crippen LogP contribution in [0.2, 0.25) is 0 Å². The van der Waals surface area contributed by atoms with E-state index in [1.54, 1.807) is 0 Å². The highest BCUT2D eigenvalue weighted by Gasteiger charge is 2.30. The minimum atomic E-state index is 0.262. The summed E-state index contributed by atoms with van der Waals surface area (Å²) in [4.78, 5) is 0. The van der Waals surface area contributed by atoms with Gasteiger partial charge >= 0.3 is 0 Å². The first-order valence-electron chi connectivity index (χ1n) is 4.84. The summed E-state index contributed by atoms with van der Waals surface area (Å²) in [7, 11) is 0. The van der Waals surface area contributed by atoms with E-state index in [4.69, 9.17) is 0 Å². The fourth-order valence-corrected chi connectivity index (χ4v) is 1.94. The molecule has 2 rings (SSSR count). The molecule has 1 N–H and O–H groups in total. The molecule has 0 saturated heterocycles. The number of fused-ring (bicyclic) bond motifs is 1. The molecule has 0 saturated carbocycles. The van der Waals surface area contributed by atoms with E-state index >= 15 is 0 Å². The molecule has 72 valence electrons. The summed E-state index contributed by atoms with van der Waals surface area (Å²) in [6.45, 7) is 8.79. The lowest BCUT2D eigenvalue weighted by Crippen LogP contribution is -2.40. The predicted molar refractivity (Wildman–Crippen MR) is 52.4 cm³/mol. The third-order valence-corrected chi connectivity index (χ3v) is 2.58. The van der Waals surface area contributed by atoms with Gasteiger partial charge in [0.25, 0.3) is 0 Å². The molecular weight excluding hydrogens is 162 g/mol. The summed E-state index contributed by atoms with van der Waals surface area (Å²) >= 11 is 0. The lowest BCUT2D eigenvalue weighted by atomic mass is 9.84. The van der Waals surface area contributed by atoms with Crippen molar-refractivity contribution in [3.63, 3.8) is 0 Å². The van der Waals surface area contributed by atoms with Gasteiger partial charge in [-0.1, -0.05) is 20.8 Å². The van der Waals surface area contributed by atoms with Crippen LogP contribution >= 0.6 is 0 Å². The Bertz CT molecular complexity index is 295. The van der Waals surface area contributed by atoms with E-state index in [2.05, 4.69) is 41.9 Å². The maximum Gasteiger partial charge on any atom is 0.0559 e. The molecule has 1 unspecified atom stereocenters. The molecule has 3 heteroatoms. The van der Waals surface area contributed by atoms with Gasteiger partial charge in [0.15, 0.2) is 0 Å². The molecule has 1 aromatic rings. The van der Waals surface area contributed by atoms with Gasteiger partial charge in [-0.25, -0.2) is 0 Å². The van der Waals surface area contributed by atoms with Crippen molar-refractivity contribution in [3.8, 4) is 0 Å². The molecule has 1 aromatic heterocycles. The molecule has 0 fully saturated rings. The van der Waals surface area contributed by atoms with Crippen LogP contribution in [0.15, 0.2) is 12.3 Å². The Morgan fingerprint density at radius 2 is 2.31 bits per heavy atom. The minimum Gasteiger partial charge on any atom is -0.306 e. The normalized spacial score (nSPS) is 22.8. The number of hydrogen-bond acceptors (Lipinski definition) is 2. The molecule has 0 aliphatic carbocycles. The zero-order valence-corrected chi connectivity index (χ0v) is 8.54. The third-order valence-electron chi connectivity index (χ3n) is 2.58. The van der Waals surface area contributed by atoms with E-state index in [0.717, 1.165) is 13.1 Å². The molecule has 3 nitrogen and oxygen atoms in total. The molecule has 0 radical (unpaired) electrons. The average Bonchev–Trinajstić information content (AvgIpc) is 2.48. The third kappa shape index (κ3) is 1.48. The van der Waals surface area contributed by atoms with Gasteiger partial charge in [-0.2, -0.15) is 5.10 Å². The largest absolute Gasteiger partial charge is 0.306 e. The van der Waals surface area contributed by atoms with Gasteiger partial charge < -0.3 is 5.32 Å². The van der Waals surface area contributed by atoms with Crippen LogP contribution in [0.1, 0.15) is 32.5 Å². The van der Waals surface area contributed by atoms with Crippen molar-refractivity contribution in [2.45, 2.75) is 33.4 Å². The first-order chi connectivity index (χ1) is 6.09. The highest BCUT2D eigenvalue weighted by molar-refractivity contribution is 5.12. The van der Waals surface area contributed by atoms with Gasteiger partial charge in [-0.3, -0.25) is 4.68 Å². The monoisotopic (exact) mass is 179 g/mol. The van der Waals surface area contributed by atoms with E-state index in [0.29, 0.717) is 6.04 Å². The Hall–Kier alpha value is -0.830. The van der Waals surface area contributed by atoms with Gasteiger partial charge in [-0.15, -0.1) is 0 Å². The van der Waals surface area contributed by atoms with Gasteiger partial charge in [0.2, 0.25) is 0 Å². The minimum absolute atomic E-state index is 0.262. The zero-order chi connectivity index (χ0) is 9.47. The molecule has 0 aromatic carbocycles. The van der Waals surface area contributed by atoms with Gasteiger partial charge in [-0.05, 0) is 11.5 Å². The highest BCUT2D eigenvalue weighted by atomic mass is 15.3. The summed E-state index contributed by atoms with van der Waals surface area (Å²) in [6, 6.07) is 2.55. The second kappa shape index (κ2) is 2.84. The lowest BCUT2D eigenvalue weighted by molar-refractivity contribution is 0.233. The summed E-state index contributed by atoms with van der Waals surface area (Å²) in [5.41, 5.74) is 1.58. The quantitative estimate of drug-likeness (QED) is 0.655. The molecule has 1 aliphatic rings. The van der Waals surface area contributed by atoms with Crippen molar-refractivity contribution in [3.05, 3.63) is 18.0 Å². The van der Waals surface area contributed by atoms with Crippen molar-refractivity contribution >= 4 is 0 Å². The zero-order valence-electron chi connectivity index (χ0n) is 8.54. The van der Waals surface area contributed by atoms with Crippen LogP contribution in [-0.4, -0.2) is 16.3 Å². The first-order valence-corrected chi connectivity index (χ1v) is 4.84. The van der Waals surface area contributed by atoms with Crippen LogP contribution in [0.25, 0.3) is 0 Å². The Morgan fingerprint density at radius 1 is 1.54 bits per heavy atom. The van der Waals surface area contributed by atoms with Crippen molar-refractivity contribution in [1.29, 1.82) is 0 Å². The fraction of sp³-hybridized carbons (Fsp3) is 0.700.